The molecule has 1 aromatic carbocycles. The molecule has 3 rings (SSSR count). The van der Waals surface area contributed by atoms with Gasteiger partial charge in [-0.2, -0.15) is 0 Å². The Morgan fingerprint density at radius 2 is 1.68 bits per heavy atom. The summed E-state index contributed by atoms with van der Waals surface area (Å²) in [6.07, 6.45) is 2.54. The molecule has 1 aromatic heterocycles. The molecular weight excluding hydrogens is 384 g/mol. The normalized spacial score (nSPS) is 15.8. The van der Waals surface area contributed by atoms with E-state index in [4.69, 9.17) is 4.98 Å². The summed E-state index contributed by atoms with van der Waals surface area (Å²) >= 11 is 0. The minimum Gasteiger partial charge on any atom is -0.353 e. The van der Waals surface area contributed by atoms with Gasteiger partial charge in [-0.3, -0.25) is 4.79 Å². The Bertz CT molecular complexity index is 880. The molecule has 0 spiro atoms. The number of hydrogen-bond acceptors (Lipinski definition) is 4. The number of carbonyl (C=O) groups is 1. The van der Waals surface area contributed by atoms with Crippen LogP contribution in [0.3, 0.4) is 0 Å². The van der Waals surface area contributed by atoms with Crippen molar-refractivity contribution < 1.29 is 4.79 Å². The average molecular weight is 423 g/mol. The Kier molecular flexibility index (Phi) is 7.34. The highest BCUT2D eigenvalue weighted by atomic mass is 16.2. The van der Waals surface area contributed by atoms with Gasteiger partial charge in [0.25, 0.3) is 0 Å². The number of carbonyl (C=O) groups excluding carboxylic acids is 1. The summed E-state index contributed by atoms with van der Waals surface area (Å²) in [6.45, 7) is 16.1. The van der Waals surface area contributed by atoms with Crippen LogP contribution >= 0.6 is 0 Å². The standard InChI is InChI=1S/C26H38N4O/c1-19(18-26(4,5)6)16-24(31)29-12-14-30(15-13-29)25-23(20(2)27-21(3)28-25)17-22-10-8-7-9-11-22/h7-11,19H,12-18H2,1-6H3/t19-/m1/s1. The molecule has 0 bridgehead atoms. The van der Waals surface area contributed by atoms with Crippen molar-refractivity contribution in [3.8, 4) is 0 Å². The van der Waals surface area contributed by atoms with Crippen LogP contribution in [0, 0.1) is 25.2 Å². The third kappa shape index (κ3) is 6.52. The predicted molar refractivity (Wildman–Crippen MR) is 127 cm³/mol. The second-order valence-corrected chi connectivity index (χ2v) is 10.3. The summed E-state index contributed by atoms with van der Waals surface area (Å²) < 4.78 is 0. The van der Waals surface area contributed by atoms with Crippen molar-refractivity contribution in [2.75, 3.05) is 31.1 Å². The highest BCUT2D eigenvalue weighted by molar-refractivity contribution is 5.76. The predicted octanol–water partition coefficient (Wildman–Crippen LogP) is 4.80. The van der Waals surface area contributed by atoms with Gasteiger partial charge in [0.05, 0.1) is 0 Å². The fourth-order valence-electron chi connectivity index (χ4n) is 4.70. The number of anilines is 1. The zero-order valence-electron chi connectivity index (χ0n) is 20.1. The number of hydrogen-bond donors (Lipinski definition) is 0. The van der Waals surface area contributed by atoms with Gasteiger partial charge in [0.15, 0.2) is 0 Å². The summed E-state index contributed by atoms with van der Waals surface area (Å²) in [6, 6.07) is 10.5. The van der Waals surface area contributed by atoms with Crippen molar-refractivity contribution in [2.45, 2.75) is 60.8 Å². The highest BCUT2D eigenvalue weighted by Crippen LogP contribution is 2.28. The first kappa shape index (κ1) is 23.2. The van der Waals surface area contributed by atoms with Gasteiger partial charge >= 0.3 is 0 Å². The minimum absolute atomic E-state index is 0.260. The third-order valence-corrected chi connectivity index (χ3v) is 5.94. The molecule has 0 N–H and O–H groups in total. The van der Waals surface area contributed by atoms with Gasteiger partial charge in [-0.1, -0.05) is 58.0 Å². The molecule has 1 atom stereocenters. The number of aromatic nitrogens is 2. The van der Waals surface area contributed by atoms with Crippen molar-refractivity contribution in [3.63, 3.8) is 0 Å². The second kappa shape index (κ2) is 9.80. The molecule has 1 aliphatic heterocycles. The van der Waals surface area contributed by atoms with Crippen LogP contribution in [0.15, 0.2) is 30.3 Å². The topological polar surface area (TPSA) is 49.3 Å². The van der Waals surface area contributed by atoms with E-state index in [1.807, 2.05) is 17.9 Å². The third-order valence-electron chi connectivity index (χ3n) is 5.94. The second-order valence-electron chi connectivity index (χ2n) is 10.3. The van der Waals surface area contributed by atoms with E-state index in [9.17, 15) is 4.79 Å². The molecule has 0 unspecified atom stereocenters. The van der Waals surface area contributed by atoms with E-state index < -0.39 is 0 Å². The van der Waals surface area contributed by atoms with E-state index in [1.165, 1.54) is 11.1 Å². The maximum Gasteiger partial charge on any atom is 0.222 e. The molecule has 2 heterocycles. The fourth-order valence-corrected chi connectivity index (χ4v) is 4.70. The lowest BCUT2D eigenvalue weighted by Crippen LogP contribution is -2.49. The van der Waals surface area contributed by atoms with Gasteiger partial charge in [-0.15, -0.1) is 0 Å². The van der Waals surface area contributed by atoms with Crippen LogP contribution in [0.25, 0.3) is 0 Å². The maximum atomic E-state index is 12.8. The van der Waals surface area contributed by atoms with Gasteiger partial charge in [-0.05, 0) is 37.2 Å². The van der Waals surface area contributed by atoms with Crippen LogP contribution in [-0.2, 0) is 11.2 Å². The Morgan fingerprint density at radius 3 is 2.29 bits per heavy atom. The number of nitrogens with zero attached hydrogens (tertiary/aromatic N) is 4. The number of benzene rings is 1. The van der Waals surface area contributed by atoms with Crippen LogP contribution in [-0.4, -0.2) is 47.0 Å². The lowest BCUT2D eigenvalue weighted by Gasteiger charge is -2.37. The summed E-state index contributed by atoms with van der Waals surface area (Å²) in [5, 5.41) is 0. The fraction of sp³-hybridized carbons (Fsp3) is 0.577. The van der Waals surface area contributed by atoms with Gasteiger partial charge in [0, 0.05) is 50.3 Å². The van der Waals surface area contributed by atoms with Gasteiger partial charge in [0.2, 0.25) is 5.91 Å². The van der Waals surface area contributed by atoms with Crippen molar-refractivity contribution in [3.05, 3.63) is 53.0 Å². The lowest BCUT2D eigenvalue weighted by molar-refractivity contribution is -0.132. The average Bonchev–Trinajstić information content (AvgIpc) is 2.69. The first-order valence-electron chi connectivity index (χ1n) is 11.5. The summed E-state index contributed by atoms with van der Waals surface area (Å²) in [5.74, 6) is 2.53. The van der Waals surface area contributed by atoms with E-state index in [2.05, 4.69) is 68.8 Å². The van der Waals surface area contributed by atoms with Crippen LogP contribution in [0.5, 0.6) is 0 Å². The molecule has 1 aliphatic rings. The van der Waals surface area contributed by atoms with Crippen LogP contribution in [0.2, 0.25) is 0 Å². The van der Waals surface area contributed by atoms with Gasteiger partial charge in [0.1, 0.15) is 11.6 Å². The molecule has 2 aromatic rings. The molecule has 31 heavy (non-hydrogen) atoms. The Balaban J connectivity index is 1.67. The first-order valence-corrected chi connectivity index (χ1v) is 11.5. The summed E-state index contributed by atoms with van der Waals surface area (Å²) in [7, 11) is 0. The van der Waals surface area contributed by atoms with E-state index in [-0.39, 0.29) is 11.3 Å². The number of amides is 1. The number of aryl methyl sites for hydroxylation is 2. The van der Waals surface area contributed by atoms with Crippen molar-refractivity contribution in [2.24, 2.45) is 11.3 Å². The van der Waals surface area contributed by atoms with Gasteiger partial charge < -0.3 is 9.80 Å². The first-order chi connectivity index (χ1) is 14.6. The molecule has 1 amide bonds. The molecule has 168 valence electrons. The molecular formula is C26H38N4O. The molecule has 1 saturated heterocycles. The largest absolute Gasteiger partial charge is 0.353 e. The van der Waals surface area contributed by atoms with E-state index in [0.29, 0.717) is 12.3 Å². The zero-order chi connectivity index (χ0) is 22.6. The van der Waals surface area contributed by atoms with Crippen molar-refractivity contribution in [1.82, 2.24) is 14.9 Å². The van der Waals surface area contributed by atoms with Crippen molar-refractivity contribution >= 4 is 11.7 Å². The summed E-state index contributed by atoms with van der Waals surface area (Å²) in [4.78, 5) is 26.7. The Hall–Kier alpha value is -2.43. The maximum absolute atomic E-state index is 12.8. The smallest absolute Gasteiger partial charge is 0.222 e. The van der Waals surface area contributed by atoms with E-state index in [1.54, 1.807) is 0 Å². The zero-order valence-corrected chi connectivity index (χ0v) is 20.1. The SMILES string of the molecule is Cc1nc(C)c(Cc2ccccc2)c(N2CCN(C(=O)C[C@@H](C)CC(C)(C)C)CC2)n1. The highest BCUT2D eigenvalue weighted by Gasteiger charge is 2.26. The van der Waals surface area contributed by atoms with Gasteiger partial charge in [-0.25, -0.2) is 9.97 Å². The molecule has 0 saturated carbocycles. The molecule has 0 radical (unpaired) electrons. The van der Waals surface area contributed by atoms with Crippen molar-refractivity contribution in [1.29, 1.82) is 0 Å². The van der Waals surface area contributed by atoms with E-state index in [0.717, 1.165) is 56.4 Å². The Labute approximate surface area is 187 Å². The van der Waals surface area contributed by atoms with Crippen LogP contribution in [0.4, 0.5) is 5.82 Å². The lowest BCUT2D eigenvalue weighted by atomic mass is 9.84. The number of rotatable bonds is 6. The molecule has 5 heteroatoms. The van der Waals surface area contributed by atoms with E-state index >= 15 is 0 Å². The molecule has 0 aliphatic carbocycles. The van der Waals surface area contributed by atoms with Crippen LogP contribution in [0.1, 0.15) is 63.2 Å². The minimum atomic E-state index is 0.260. The monoisotopic (exact) mass is 422 g/mol. The quantitative estimate of drug-likeness (QED) is 0.671. The number of piperazine rings is 1. The van der Waals surface area contributed by atoms with Crippen LogP contribution < -0.4 is 4.90 Å². The molecule has 1 fully saturated rings. The summed E-state index contributed by atoms with van der Waals surface area (Å²) in [5.41, 5.74) is 3.76. The molecule has 5 nitrogen and oxygen atoms in total. The Morgan fingerprint density at radius 1 is 1.03 bits per heavy atom.